The summed E-state index contributed by atoms with van der Waals surface area (Å²) in [4.78, 5) is 38.1. The molecule has 0 aliphatic carbocycles. The first-order valence-corrected chi connectivity index (χ1v) is 9.29. The number of nitro groups is 1. The van der Waals surface area contributed by atoms with Gasteiger partial charge in [0.2, 0.25) is 0 Å². The standard InChI is InChI=1S/C20H15N3O5S/c24-18(22-20-21-17(13-29-20)15-4-2-1-3-5-15)12-28-19(25)11-8-14-6-9-16(10-7-14)23(26)27/h1-11,13H,12H2,(H,21,22,24)/b11-8+. The van der Waals surface area contributed by atoms with Crippen molar-refractivity contribution < 1.29 is 19.2 Å². The smallest absolute Gasteiger partial charge is 0.331 e. The lowest BCUT2D eigenvalue weighted by Crippen LogP contribution is -2.20. The third-order valence-electron chi connectivity index (χ3n) is 3.68. The molecule has 0 atom stereocenters. The Balaban J connectivity index is 1.47. The Morgan fingerprint density at radius 1 is 1.14 bits per heavy atom. The lowest BCUT2D eigenvalue weighted by Gasteiger charge is -2.02. The molecule has 1 heterocycles. The molecule has 0 saturated heterocycles. The highest BCUT2D eigenvalue weighted by molar-refractivity contribution is 7.14. The zero-order valence-electron chi connectivity index (χ0n) is 15.0. The first-order valence-electron chi connectivity index (χ1n) is 8.41. The quantitative estimate of drug-likeness (QED) is 0.274. The Morgan fingerprint density at radius 3 is 2.55 bits per heavy atom. The van der Waals surface area contributed by atoms with E-state index in [9.17, 15) is 19.7 Å². The van der Waals surface area contributed by atoms with Crippen LogP contribution in [-0.2, 0) is 14.3 Å². The summed E-state index contributed by atoms with van der Waals surface area (Å²) in [6.07, 6.45) is 2.59. The number of carbonyl (C=O) groups excluding carboxylic acids is 2. The third kappa shape index (κ3) is 5.81. The molecule has 8 nitrogen and oxygen atoms in total. The maximum absolute atomic E-state index is 11.9. The van der Waals surface area contributed by atoms with Crippen LogP contribution in [0.15, 0.2) is 66.1 Å². The average Bonchev–Trinajstić information content (AvgIpc) is 3.20. The number of ether oxygens (including phenoxy) is 1. The van der Waals surface area contributed by atoms with Crippen LogP contribution in [0.2, 0.25) is 0 Å². The van der Waals surface area contributed by atoms with Crippen molar-refractivity contribution in [2.75, 3.05) is 11.9 Å². The molecule has 9 heteroatoms. The highest BCUT2D eigenvalue weighted by Gasteiger charge is 2.10. The topological polar surface area (TPSA) is 111 Å². The van der Waals surface area contributed by atoms with Crippen molar-refractivity contribution in [3.63, 3.8) is 0 Å². The Bertz CT molecular complexity index is 1050. The summed E-state index contributed by atoms with van der Waals surface area (Å²) in [5.41, 5.74) is 2.23. The van der Waals surface area contributed by atoms with E-state index in [-0.39, 0.29) is 5.69 Å². The largest absolute Gasteiger partial charge is 0.452 e. The molecule has 0 fully saturated rings. The number of rotatable bonds is 7. The predicted molar refractivity (Wildman–Crippen MR) is 109 cm³/mol. The second-order valence-electron chi connectivity index (χ2n) is 5.74. The number of aromatic nitrogens is 1. The molecule has 3 rings (SSSR count). The summed E-state index contributed by atoms with van der Waals surface area (Å²) in [5, 5.41) is 15.4. The molecule has 0 radical (unpaired) electrons. The van der Waals surface area contributed by atoms with Crippen LogP contribution < -0.4 is 5.32 Å². The molecular formula is C20H15N3O5S. The van der Waals surface area contributed by atoms with Gasteiger partial charge in [-0.1, -0.05) is 30.3 Å². The van der Waals surface area contributed by atoms with Gasteiger partial charge in [0.15, 0.2) is 11.7 Å². The second-order valence-corrected chi connectivity index (χ2v) is 6.60. The van der Waals surface area contributed by atoms with Crippen LogP contribution >= 0.6 is 11.3 Å². The third-order valence-corrected chi connectivity index (χ3v) is 4.44. The number of non-ortho nitro benzene ring substituents is 1. The van der Waals surface area contributed by atoms with Gasteiger partial charge in [-0.2, -0.15) is 0 Å². The van der Waals surface area contributed by atoms with E-state index >= 15 is 0 Å². The maximum Gasteiger partial charge on any atom is 0.331 e. The Morgan fingerprint density at radius 2 is 1.86 bits per heavy atom. The summed E-state index contributed by atoms with van der Waals surface area (Å²) in [5.74, 6) is -1.21. The van der Waals surface area contributed by atoms with Crippen LogP contribution in [0, 0.1) is 10.1 Å². The van der Waals surface area contributed by atoms with E-state index < -0.39 is 23.4 Å². The van der Waals surface area contributed by atoms with E-state index in [4.69, 9.17) is 4.74 Å². The Hall–Kier alpha value is -3.85. The number of hydrogen-bond acceptors (Lipinski definition) is 7. The summed E-state index contributed by atoms with van der Waals surface area (Å²) in [6.45, 7) is -0.455. The molecule has 0 spiro atoms. The first-order chi connectivity index (χ1) is 14.0. The van der Waals surface area contributed by atoms with Gasteiger partial charge in [-0.25, -0.2) is 9.78 Å². The highest BCUT2D eigenvalue weighted by atomic mass is 32.1. The van der Waals surface area contributed by atoms with Gasteiger partial charge in [0.25, 0.3) is 11.6 Å². The predicted octanol–water partition coefficient (Wildman–Crippen LogP) is 3.91. The number of esters is 1. The van der Waals surface area contributed by atoms with Crippen LogP contribution in [0.3, 0.4) is 0 Å². The number of nitrogens with zero attached hydrogens (tertiary/aromatic N) is 2. The Labute approximate surface area is 169 Å². The number of nitrogens with one attached hydrogen (secondary N) is 1. The van der Waals surface area contributed by atoms with Crippen molar-refractivity contribution in [1.29, 1.82) is 0 Å². The lowest BCUT2D eigenvalue weighted by atomic mass is 10.2. The fourth-order valence-corrected chi connectivity index (χ4v) is 3.02. The molecule has 0 bridgehead atoms. The van der Waals surface area contributed by atoms with Crippen LogP contribution in [-0.4, -0.2) is 28.4 Å². The summed E-state index contributed by atoms with van der Waals surface area (Å²) >= 11 is 1.27. The minimum Gasteiger partial charge on any atom is -0.452 e. The van der Waals surface area contributed by atoms with Crippen molar-refractivity contribution >= 4 is 40.1 Å². The van der Waals surface area contributed by atoms with E-state index in [1.54, 1.807) is 0 Å². The molecule has 29 heavy (non-hydrogen) atoms. The van der Waals surface area contributed by atoms with Gasteiger partial charge in [-0.15, -0.1) is 11.3 Å². The summed E-state index contributed by atoms with van der Waals surface area (Å²) in [7, 11) is 0. The van der Waals surface area contributed by atoms with Gasteiger partial charge in [-0.05, 0) is 23.8 Å². The number of anilines is 1. The molecular weight excluding hydrogens is 394 g/mol. The van der Waals surface area contributed by atoms with Crippen molar-refractivity contribution in [3.8, 4) is 11.3 Å². The van der Waals surface area contributed by atoms with Gasteiger partial charge in [0.1, 0.15) is 0 Å². The first kappa shape index (κ1) is 19.9. The molecule has 0 aliphatic rings. The molecule has 146 valence electrons. The van der Waals surface area contributed by atoms with Gasteiger partial charge in [0.05, 0.1) is 10.6 Å². The van der Waals surface area contributed by atoms with Crippen molar-refractivity contribution in [1.82, 2.24) is 4.98 Å². The fourth-order valence-electron chi connectivity index (χ4n) is 2.28. The van der Waals surface area contributed by atoms with Gasteiger partial charge < -0.3 is 4.74 Å². The van der Waals surface area contributed by atoms with E-state index in [1.807, 2.05) is 35.7 Å². The van der Waals surface area contributed by atoms with Crippen molar-refractivity contribution in [2.24, 2.45) is 0 Å². The van der Waals surface area contributed by atoms with Crippen molar-refractivity contribution in [2.45, 2.75) is 0 Å². The maximum atomic E-state index is 11.9. The highest BCUT2D eigenvalue weighted by Crippen LogP contribution is 2.24. The minimum atomic E-state index is -0.706. The molecule has 3 aromatic rings. The molecule has 0 saturated carbocycles. The van der Waals surface area contributed by atoms with E-state index in [2.05, 4.69) is 10.3 Å². The monoisotopic (exact) mass is 409 g/mol. The minimum absolute atomic E-state index is 0.0426. The van der Waals surface area contributed by atoms with Crippen LogP contribution in [0.4, 0.5) is 10.8 Å². The number of amides is 1. The van der Waals surface area contributed by atoms with Gasteiger partial charge in [-0.3, -0.25) is 20.2 Å². The summed E-state index contributed by atoms with van der Waals surface area (Å²) < 4.78 is 4.88. The van der Waals surface area contributed by atoms with Crippen LogP contribution in [0.1, 0.15) is 5.56 Å². The fraction of sp³-hybridized carbons (Fsp3) is 0.0500. The van der Waals surface area contributed by atoms with E-state index in [0.717, 1.165) is 17.3 Å². The molecule has 1 amide bonds. The average molecular weight is 409 g/mol. The lowest BCUT2D eigenvalue weighted by molar-refractivity contribution is -0.384. The SMILES string of the molecule is O=C(COC(=O)/C=C/c1ccc([N+](=O)[O-])cc1)Nc1nc(-c2ccccc2)cs1. The molecule has 2 aromatic carbocycles. The Kier molecular flexibility index (Phi) is 6.43. The van der Waals surface area contributed by atoms with Crippen molar-refractivity contribution in [3.05, 3.63) is 81.7 Å². The number of hydrogen-bond donors (Lipinski definition) is 1. The summed E-state index contributed by atoms with van der Waals surface area (Å²) in [6, 6.07) is 15.2. The molecule has 1 N–H and O–H groups in total. The molecule has 0 aliphatic heterocycles. The second kappa shape index (κ2) is 9.38. The normalized spacial score (nSPS) is 10.6. The number of nitro benzene ring substituents is 1. The van der Waals surface area contributed by atoms with Crippen LogP contribution in [0.5, 0.6) is 0 Å². The van der Waals surface area contributed by atoms with Crippen LogP contribution in [0.25, 0.3) is 17.3 Å². The van der Waals surface area contributed by atoms with E-state index in [0.29, 0.717) is 10.7 Å². The number of carbonyl (C=O) groups is 2. The molecule has 1 aromatic heterocycles. The molecule has 0 unspecified atom stereocenters. The zero-order chi connectivity index (χ0) is 20.6. The van der Waals surface area contributed by atoms with E-state index in [1.165, 1.54) is 41.7 Å². The van der Waals surface area contributed by atoms with Gasteiger partial charge in [0, 0.05) is 29.2 Å². The zero-order valence-corrected chi connectivity index (χ0v) is 15.8. The number of thiazole rings is 1. The van der Waals surface area contributed by atoms with Gasteiger partial charge >= 0.3 is 5.97 Å². The number of benzene rings is 2.